The van der Waals surface area contributed by atoms with E-state index in [2.05, 4.69) is 15.5 Å². The van der Waals surface area contributed by atoms with Crippen LogP contribution >= 0.6 is 0 Å². The van der Waals surface area contributed by atoms with Gasteiger partial charge in [-0.3, -0.25) is 10.1 Å². The van der Waals surface area contributed by atoms with E-state index in [1.807, 2.05) is 0 Å². The second-order valence-electron chi connectivity index (χ2n) is 3.63. The first-order valence-corrected chi connectivity index (χ1v) is 4.99. The third-order valence-electron chi connectivity index (χ3n) is 2.27. The average molecular weight is 252 g/mol. The van der Waals surface area contributed by atoms with Crippen LogP contribution in [0, 0.1) is 15.9 Å². The predicted octanol–water partition coefficient (Wildman–Crippen LogP) is 0.729. The molecule has 1 unspecified atom stereocenters. The largest absolute Gasteiger partial charge is 0.321 e. The zero-order chi connectivity index (χ0) is 13.3. The number of halogens is 1. The molecule has 0 amide bonds. The Bertz CT molecular complexity index is 596. The number of nitro benzene ring substituents is 1. The fourth-order valence-electron chi connectivity index (χ4n) is 1.43. The molecule has 18 heavy (non-hydrogen) atoms. The van der Waals surface area contributed by atoms with Crippen LogP contribution in [-0.4, -0.2) is 25.1 Å². The Labute approximate surface area is 100 Å². The van der Waals surface area contributed by atoms with E-state index in [1.165, 1.54) is 0 Å². The van der Waals surface area contributed by atoms with E-state index < -0.39 is 16.8 Å². The molecule has 1 heterocycles. The standard InChI is InChI=1S/C9H9FN6O2/c1-5(11)9-12-13-14-15(9)8-4-6(16(17)18)2-3-7(8)10/h2-5H,11H2,1H3. The number of aromatic nitrogens is 4. The number of non-ortho nitro benzene ring substituents is 1. The maximum atomic E-state index is 13.7. The number of rotatable bonds is 3. The van der Waals surface area contributed by atoms with E-state index in [9.17, 15) is 14.5 Å². The monoisotopic (exact) mass is 252 g/mol. The molecule has 0 saturated carbocycles. The molecular weight excluding hydrogens is 243 g/mol. The maximum Gasteiger partial charge on any atom is 0.271 e. The van der Waals surface area contributed by atoms with Gasteiger partial charge in [0.1, 0.15) is 11.5 Å². The summed E-state index contributed by atoms with van der Waals surface area (Å²) in [6.07, 6.45) is 0. The van der Waals surface area contributed by atoms with Gasteiger partial charge in [0.25, 0.3) is 5.69 Å². The van der Waals surface area contributed by atoms with Gasteiger partial charge in [-0.05, 0) is 23.4 Å². The summed E-state index contributed by atoms with van der Waals surface area (Å²) in [7, 11) is 0. The Hall–Kier alpha value is -2.42. The smallest absolute Gasteiger partial charge is 0.271 e. The maximum absolute atomic E-state index is 13.7. The minimum atomic E-state index is -0.671. The Morgan fingerprint density at radius 1 is 1.56 bits per heavy atom. The first-order valence-electron chi connectivity index (χ1n) is 4.99. The Balaban J connectivity index is 2.59. The highest BCUT2D eigenvalue weighted by molar-refractivity contribution is 5.44. The number of tetrazole rings is 1. The van der Waals surface area contributed by atoms with E-state index >= 15 is 0 Å². The van der Waals surface area contributed by atoms with Crippen LogP contribution in [0.4, 0.5) is 10.1 Å². The van der Waals surface area contributed by atoms with Crippen molar-refractivity contribution in [2.45, 2.75) is 13.0 Å². The highest BCUT2D eigenvalue weighted by Gasteiger charge is 2.18. The van der Waals surface area contributed by atoms with Crippen LogP contribution in [0.1, 0.15) is 18.8 Å². The third kappa shape index (κ3) is 2.02. The molecule has 0 bridgehead atoms. The lowest BCUT2D eigenvalue weighted by Gasteiger charge is -2.07. The highest BCUT2D eigenvalue weighted by Crippen LogP contribution is 2.21. The van der Waals surface area contributed by atoms with E-state index in [4.69, 9.17) is 5.73 Å². The van der Waals surface area contributed by atoms with Crippen molar-refractivity contribution >= 4 is 5.69 Å². The molecule has 0 saturated heterocycles. The van der Waals surface area contributed by atoms with Crippen LogP contribution in [0.5, 0.6) is 0 Å². The zero-order valence-electron chi connectivity index (χ0n) is 9.32. The molecular formula is C9H9FN6O2. The van der Waals surface area contributed by atoms with Crippen LogP contribution in [0.15, 0.2) is 18.2 Å². The highest BCUT2D eigenvalue weighted by atomic mass is 19.1. The summed E-state index contributed by atoms with van der Waals surface area (Å²) in [5.74, 6) is -0.454. The molecule has 2 N–H and O–H groups in total. The third-order valence-corrected chi connectivity index (χ3v) is 2.27. The van der Waals surface area contributed by atoms with Gasteiger partial charge in [-0.25, -0.2) is 4.39 Å². The Kier molecular flexibility index (Phi) is 2.98. The fourth-order valence-corrected chi connectivity index (χ4v) is 1.43. The van der Waals surface area contributed by atoms with E-state index in [1.54, 1.807) is 6.92 Å². The molecule has 9 heteroatoms. The van der Waals surface area contributed by atoms with Crippen molar-refractivity contribution in [3.05, 3.63) is 40.0 Å². The summed E-state index contributed by atoms with van der Waals surface area (Å²) in [5, 5.41) is 21.3. The molecule has 0 aliphatic heterocycles. The first kappa shape index (κ1) is 12.0. The lowest BCUT2D eigenvalue weighted by Crippen LogP contribution is -2.14. The van der Waals surface area contributed by atoms with Gasteiger partial charge >= 0.3 is 0 Å². The zero-order valence-corrected chi connectivity index (χ0v) is 9.32. The summed E-state index contributed by atoms with van der Waals surface area (Å²) in [5.41, 5.74) is 5.26. The van der Waals surface area contributed by atoms with Gasteiger partial charge in [0.2, 0.25) is 0 Å². The number of nitro groups is 1. The number of nitrogens with zero attached hydrogens (tertiary/aromatic N) is 5. The van der Waals surface area contributed by atoms with Crippen molar-refractivity contribution in [3.63, 3.8) is 0 Å². The summed E-state index contributed by atoms with van der Waals surface area (Å²) < 4.78 is 14.7. The first-order chi connectivity index (χ1) is 8.50. The molecule has 1 atom stereocenters. The number of benzene rings is 1. The number of hydrogen-bond acceptors (Lipinski definition) is 6. The molecule has 0 fully saturated rings. The molecule has 94 valence electrons. The average Bonchev–Trinajstić information content (AvgIpc) is 2.78. The quantitative estimate of drug-likeness (QED) is 0.636. The van der Waals surface area contributed by atoms with Crippen molar-refractivity contribution in [1.29, 1.82) is 0 Å². The molecule has 2 rings (SSSR count). The van der Waals surface area contributed by atoms with Gasteiger partial charge < -0.3 is 5.73 Å². The minimum absolute atomic E-state index is 0.110. The minimum Gasteiger partial charge on any atom is -0.321 e. The van der Waals surface area contributed by atoms with E-state index in [0.29, 0.717) is 0 Å². The van der Waals surface area contributed by atoms with Crippen molar-refractivity contribution in [1.82, 2.24) is 20.2 Å². The fraction of sp³-hybridized carbons (Fsp3) is 0.222. The lowest BCUT2D eigenvalue weighted by atomic mass is 10.2. The Morgan fingerprint density at radius 3 is 2.89 bits per heavy atom. The summed E-state index contributed by atoms with van der Waals surface area (Å²) >= 11 is 0. The molecule has 1 aromatic heterocycles. The molecule has 2 aromatic rings. The van der Waals surface area contributed by atoms with Crippen LogP contribution in [0.2, 0.25) is 0 Å². The molecule has 0 aliphatic rings. The van der Waals surface area contributed by atoms with Gasteiger partial charge in [0.05, 0.1) is 11.0 Å². The SMILES string of the molecule is CC(N)c1nnnn1-c1cc([N+](=O)[O-])ccc1F. The van der Waals surface area contributed by atoms with Crippen molar-refractivity contribution in [3.8, 4) is 5.69 Å². The van der Waals surface area contributed by atoms with Crippen LogP contribution in [0.25, 0.3) is 5.69 Å². The topological polar surface area (TPSA) is 113 Å². The van der Waals surface area contributed by atoms with Gasteiger partial charge in [0.15, 0.2) is 5.82 Å². The number of nitrogens with two attached hydrogens (primary N) is 1. The molecule has 1 aromatic carbocycles. The van der Waals surface area contributed by atoms with Crippen LogP contribution in [0.3, 0.4) is 0 Å². The Morgan fingerprint density at radius 2 is 2.28 bits per heavy atom. The summed E-state index contributed by atoms with van der Waals surface area (Å²) in [6, 6.07) is 2.57. The molecule has 0 spiro atoms. The normalized spacial score (nSPS) is 12.4. The summed E-state index contributed by atoms with van der Waals surface area (Å²) in [6.45, 7) is 1.62. The van der Waals surface area contributed by atoms with Gasteiger partial charge in [-0.1, -0.05) is 0 Å². The van der Waals surface area contributed by atoms with Crippen molar-refractivity contribution in [2.24, 2.45) is 5.73 Å². The molecule has 0 radical (unpaired) electrons. The van der Waals surface area contributed by atoms with Gasteiger partial charge in [0, 0.05) is 12.1 Å². The predicted molar refractivity (Wildman–Crippen MR) is 58.4 cm³/mol. The second-order valence-corrected chi connectivity index (χ2v) is 3.63. The van der Waals surface area contributed by atoms with Crippen LogP contribution < -0.4 is 5.73 Å². The van der Waals surface area contributed by atoms with Gasteiger partial charge in [-0.2, -0.15) is 4.68 Å². The molecule has 8 nitrogen and oxygen atoms in total. The van der Waals surface area contributed by atoms with Crippen LogP contribution in [-0.2, 0) is 0 Å². The van der Waals surface area contributed by atoms with Gasteiger partial charge in [-0.15, -0.1) is 5.10 Å². The van der Waals surface area contributed by atoms with E-state index in [0.717, 1.165) is 22.9 Å². The lowest BCUT2D eigenvalue weighted by molar-refractivity contribution is -0.384. The number of hydrogen-bond donors (Lipinski definition) is 1. The van der Waals surface area contributed by atoms with E-state index in [-0.39, 0.29) is 17.2 Å². The summed E-state index contributed by atoms with van der Waals surface area (Å²) in [4.78, 5) is 10.0. The van der Waals surface area contributed by atoms with Crippen molar-refractivity contribution in [2.75, 3.05) is 0 Å². The van der Waals surface area contributed by atoms with Crippen molar-refractivity contribution < 1.29 is 9.31 Å². The molecule has 0 aliphatic carbocycles. The second kappa shape index (κ2) is 4.45.